The van der Waals surface area contributed by atoms with Crippen LogP contribution in [0.25, 0.3) is 0 Å². The Balaban J connectivity index is 2.11. The normalized spacial score (nSPS) is 22.5. The van der Waals surface area contributed by atoms with E-state index in [1.54, 1.807) is 0 Å². The van der Waals surface area contributed by atoms with Crippen LogP contribution in [0.5, 0.6) is 0 Å². The second-order valence-electron chi connectivity index (χ2n) is 4.18. The fourth-order valence-corrected chi connectivity index (χ4v) is 2.33. The van der Waals surface area contributed by atoms with Crippen LogP contribution in [0.15, 0.2) is 28.7 Å². The molecule has 1 aromatic carbocycles. The summed E-state index contributed by atoms with van der Waals surface area (Å²) in [5.74, 6) is 0. The first-order chi connectivity index (χ1) is 7.25. The molecule has 2 N–H and O–H groups in total. The molecule has 15 heavy (non-hydrogen) atoms. The van der Waals surface area contributed by atoms with E-state index in [1.807, 2.05) is 0 Å². The lowest BCUT2D eigenvalue weighted by atomic mass is 10.1. The van der Waals surface area contributed by atoms with Crippen molar-refractivity contribution in [1.82, 2.24) is 0 Å². The minimum absolute atomic E-state index is 0.330. The standard InChI is InChI=1S/C12H17BrN2/c13-10-4-6-12(7-5-10)15-8-2-1-3-11(14)9-15/h4-7,11H,1-3,8-9,14H2. The lowest BCUT2D eigenvalue weighted by Crippen LogP contribution is -2.35. The van der Waals surface area contributed by atoms with Crippen LogP contribution in [0, 0.1) is 0 Å². The summed E-state index contributed by atoms with van der Waals surface area (Å²) < 4.78 is 1.13. The Morgan fingerprint density at radius 1 is 1.20 bits per heavy atom. The first kappa shape index (κ1) is 11.0. The van der Waals surface area contributed by atoms with E-state index in [4.69, 9.17) is 5.73 Å². The molecule has 0 aromatic heterocycles. The van der Waals surface area contributed by atoms with Gasteiger partial charge in [-0.15, -0.1) is 0 Å². The van der Waals surface area contributed by atoms with Gasteiger partial charge >= 0.3 is 0 Å². The average molecular weight is 269 g/mol. The number of hydrogen-bond donors (Lipinski definition) is 1. The molecule has 0 spiro atoms. The molecule has 1 fully saturated rings. The molecule has 1 unspecified atom stereocenters. The molecular weight excluding hydrogens is 252 g/mol. The number of halogens is 1. The fraction of sp³-hybridized carbons (Fsp3) is 0.500. The van der Waals surface area contributed by atoms with Crippen molar-refractivity contribution in [3.05, 3.63) is 28.7 Å². The molecule has 1 aliphatic heterocycles. The zero-order valence-electron chi connectivity index (χ0n) is 8.82. The molecular formula is C12H17BrN2. The molecule has 3 heteroatoms. The van der Waals surface area contributed by atoms with E-state index in [-0.39, 0.29) is 0 Å². The maximum atomic E-state index is 6.04. The van der Waals surface area contributed by atoms with E-state index >= 15 is 0 Å². The number of anilines is 1. The number of benzene rings is 1. The van der Waals surface area contributed by atoms with Gasteiger partial charge in [-0.2, -0.15) is 0 Å². The van der Waals surface area contributed by atoms with E-state index in [9.17, 15) is 0 Å². The fourth-order valence-electron chi connectivity index (χ4n) is 2.06. The zero-order chi connectivity index (χ0) is 10.7. The van der Waals surface area contributed by atoms with E-state index in [0.717, 1.165) is 24.0 Å². The van der Waals surface area contributed by atoms with Crippen LogP contribution >= 0.6 is 15.9 Å². The molecule has 0 bridgehead atoms. The molecule has 2 rings (SSSR count). The Hall–Kier alpha value is -0.540. The lowest BCUT2D eigenvalue weighted by Gasteiger charge is -2.24. The van der Waals surface area contributed by atoms with Crippen LogP contribution in [-0.4, -0.2) is 19.1 Å². The van der Waals surface area contributed by atoms with Gasteiger partial charge in [0.1, 0.15) is 0 Å². The lowest BCUT2D eigenvalue weighted by molar-refractivity contribution is 0.621. The van der Waals surface area contributed by atoms with Crippen LogP contribution in [-0.2, 0) is 0 Å². The van der Waals surface area contributed by atoms with Gasteiger partial charge in [0.05, 0.1) is 0 Å². The van der Waals surface area contributed by atoms with Crippen molar-refractivity contribution in [1.29, 1.82) is 0 Å². The van der Waals surface area contributed by atoms with Gasteiger partial charge in [0.15, 0.2) is 0 Å². The second kappa shape index (κ2) is 4.99. The van der Waals surface area contributed by atoms with E-state index in [2.05, 4.69) is 45.1 Å². The third-order valence-corrected chi connectivity index (χ3v) is 3.43. The highest BCUT2D eigenvalue weighted by Gasteiger charge is 2.14. The third kappa shape index (κ3) is 2.95. The molecule has 1 saturated heterocycles. The number of nitrogens with two attached hydrogens (primary N) is 1. The number of nitrogens with zero attached hydrogens (tertiary/aromatic N) is 1. The van der Waals surface area contributed by atoms with Crippen LogP contribution in [0.3, 0.4) is 0 Å². The third-order valence-electron chi connectivity index (χ3n) is 2.90. The smallest absolute Gasteiger partial charge is 0.0367 e. The van der Waals surface area contributed by atoms with Gasteiger partial charge in [-0.1, -0.05) is 22.4 Å². The topological polar surface area (TPSA) is 29.3 Å². The highest BCUT2D eigenvalue weighted by molar-refractivity contribution is 9.10. The van der Waals surface area contributed by atoms with E-state index < -0.39 is 0 Å². The summed E-state index contributed by atoms with van der Waals surface area (Å²) in [5.41, 5.74) is 7.33. The van der Waals surface area contributed by atoms with Gasteiger partial charge in [-0.3, -0.25) is 0 Å². The molecule has 2 nitrogen and oxygen atoms in total. The van der Waals surface area contributed by atoms with Crippen LogP contribution in [0.1, 0.15) is 19.3 Å². The summed E-state index contributed by atoms with van der Waals surface area (Å²) in [5, 5.41) is 0. The minimum Gasteiger partial charge on any atom is -0.370 e. The first-order valence-corrected chi connectivity index (χ1v) is 6.31. The number of rotatable bonds is 1. The molecule has 0 aliphatic carbocycles. The summed E-state index contributed by atoms with van der Waals surface area (Å²) in [4.78, 5) is 2.39. The maximum absolute atomic E-state index is 6.04. The summed E-state index contributed by atoms with van der Waals surface area (Å²) in [6.45, 7) is 2.12. The first-order valence-electron chi connectivity index (χ1n) is 5.52. The van der Waals surface area contributed by atoms with Crippen molar-refractivity contribution >= 4 is 21.6 Å². The summed E-state index contributed by atoms with van der Waals surface area (Å²) in [7, 11) is 0. The Morgan fingerprint density at radius 3 is 2.67 bits per heavy atom. The zero-order valence-corrected chi connectivity index (χ0v) is 10.4. The Kier molecular flexibility index (Phi) is 3.65. The van der Waals surface area contributed by atoms with E-state index in [0.29, 0.717) is 6.04 Å². The van der Waals surface area contributed by atoms with Crippen molar-refractivity contribution in [2.45, 2.75) is 25.3 Å². The average Bonchev–Trinajstić information content (AvgIpc) is 2.44. The molecule has 1 atom stereocenters. The van der Waals surface area contributed by atoms with Gasteiger partial charge in [0.2, 0.25) is 0 Å². The quantitative estimate of drug-likeness (QED) is 0.849. The van der Waals surface area contributed by atoms with Gasteiger partial charge in [-0.25, -0.2) is 0 Å². The summed E-state index contributed by atoms with van der Waals surface area (Å²) in [6.07, 6.45) is 3.67. The molecule has 1 heterocycles. The van der Waals surface area contributed by atoms with Crippen LogP contribution in [0.4, 0.5) is 5.69 Å². The molecule has 0 saturated carbocycles. The highest BCUT2D eigenvalue weighted by Crippen LogP contribution is 2.21. The van der Waals surface area contributed by atoms with Gasteiger partial charge in [0.25, 0.3) is 0 Å². The largest absolute Gasteiger partial charge is 0.370 e. The van der Waals surface area contributed by atoms with Crippen molar-refractivity contribution < 1.29 is 0 Å². The Labute approximate surface area is 99.6 Å². The Bertz CT molecular complexity index is 310. The predicted molar refractivity (Wildman–Crippen MR) is 68.2 cm³/mol. The van der Waals surface area contributed by atoms with Gasteiger partial charge in [0, 0.05) is 29.3 Å². The molecule has 0 amide bonds. The molecule has 0 radical (unpaired) electrons. The predicted octanol–water partition coefficient (Wildman–Crippen LogP) is 2.77. The minimum atomic E-state index is 0.330. The summed E-state index contributed by atoms with van der Waals surface area (Å²) in [6, 6.07) is 8.82. The van der Waals surface area contributed by atoms with Crippen LogP contribution in [0.2, 0.25) is 0 Å². The maximum Gasteiger partial charge on any atom is 0.0367 e. The second-order valence-corrected chi connectivity index (χ2v) is 5.09. The van der Waals surface area contributed by atoms with E-state index in [1.165, 1.54) is 18.5 Å². The van der Waals surface area contributed by atoms with Gasteiger partial charge in [-0.05, 0) is 37.1 Å². The van der Waals surface area contributed by atoms with Crippen molar-refractivity contribution in [3.8, 4) is 0 Å². The molecule has 82 valence electrons. The summed E-state index contributed by atoms with van der Waals surface area (Å²) >= 11 is 3.45. The number of hydrogen-bond acceptors (Lipinski definition) is 2. The molecule has 1 aromatic rings. The van der Waals surface area contributed by atoms with Crippen LogP contribution < -0.4 is 10.6 Å². The van der Waals surface area contributed by atoms with Crippen molar-refractivity contribution in [2.75, 3.05) is 18.0 Å². The monoisotopic (exact) mass is 268 g/mol. The van der Waals surface area contributed by atoms with Gasteiger partial charge < -0.3 is 10.6 Å². The highest BCUT2D eigenvalue weighted by atomic mass is 79.9. The van der Waals surface area contributed by atoms with Crippen molar-refractivity contribution in [2.24, 2.45) is 5.73 Å². The SMILES string of the molecule is NC1CCCCN(c2ccc(Br)cc2)C1. The molecule has 1 aliphatic rings. The Morgan fingerprint density at radius 2 is 1.93 bits per heavy atom. The van der Waals surface area contributed by atoms with Crippen molar-refractivity contribution in [3.63, 3.8) is 0 Å².